The van der Waals surface area contributed by atoms with E-state index in [1.807, 2.05) is 12.1 Å². The van der Waals surface area contributed by atoms with Gasteiger partial charge in [0.1, 0.15) is 0 Å². The third kappa shape index (κ3) is 2.89. The van der Waals surface area contributed by atoms with Crippen LogP contribution in [0.25, 0.3) is 0 Å². The lowest BCUT2D eigenvalue weighted by Gasteiger charge is -2.08. The second-order valence-corrected chi connectivity index (χ2v) is 4.09. The molecule has 1 aromatic heterocycles. The molecule has 14 heavy (non-hydrogen) atoms. The summed E-state index contributed by atoms with van der Waals surface area (Å²) in [5.74, 6) is 1.84. The monoisotopic (exact) mass is 210 g/mol. The molecule has 1 saturated heterocycles. The van der Waals surface area contributed by atoms with Crippen molar-refractivity contribution in [2.45, 2.75) is 18.9 Å². The average molecular weight is 210 g/mol. The first kappa shape index (κ1) is 9.80. The molecule has 2 heterocycles. The first-order valence-electron chi connectivity index (χ1n) is 4.88. The number of nitrogens with zero attached hydrogens (tertiary/aromatic N) is 1. The first-order chi connectivity index (χ1) is 6.95. The van der Waals surface area contributed by atoms with Crippen molar-refractivity contribution < 1.29 is 4.18 Å². The van der Waals surface area contributed by atoms with Gasteiger partial charge in [-0.15, -0.1) is 0 Å². The molecule has 0 aliphatic carbocycles. The molecule has 0 spiro atoms. The minimum atomic E-state index is 0.622. The van der Waals surface area contributed by atoms with Gasteiger partial charge in [0.15, 0.2) is 5.75 Å². The molecule has 1 fully saturated rings. The summed E-state index contributed by atoms with van der Waals surface area (Å²) in [5.41, 5.74) is 0. The van der Waals surface area contributed by atoms with Crippen LogP contribution < -0.4 is 9.50 Å². The van der Waals surface area contributed by atoms with Crippen LogP contribution in [0.3, 0.4) is 0 Å². The van der Waals surface area contributed by atoms with Crippen LogP contribution in [0.2, 0.25) is 0 Å². The van der Waals surface area contributed by atoms with E-state index in [4.69, 9.17) is 4.18 Å². The maximum absolute atomic E-state index is 5.48. The minimum Gasteiger partial charge on any atom is -0.424 e. The Kier molecular flexibility index (Phi) is 3.65. The largest absolute Gasteiger partial charge is 0.424 e. The maximum Gasteiger partial charge on any atom is 0.155 e. The summed E-state index contributed by atoms with van der Waals surface area (Å²) in [6, 6.07) is 4.42. The Morgan fingerprint density at radius 2 is 2.64 bits per heavy atom. The molecule has 0 radical (unpaired) electrons. The molecule has 1 aliphatic heterocycles. The molecule has 0 amide bonds. The van der Waals surface area contributed by atoms with Crippen LogP contribution in [-0.2, 0) is 0 Å². The Balaban J connectivity index is 1.67. The smallest absolute Gasteiger partial charge is 0.155 e. The van der Waals surface area contributed by atoms with Crippen LogP contribution >= 0.6 is 12.0 Å². The van der Waals surface area contributed by atoms with E-state index in [2.05, 4.69) is 10.3 Å². The highest BCUT2D eigenvalue weighted by Crippen LogP contribution is 2.17. The lowest BCUT2D eigenvalue weighted by Crippen LogP contribution is -2.23. The van der Waals surface area contributed by atoms with Gasteiger partial charge in [0.05, 0.1) is 18.2 Å². The second-order valence-electron chi connectivity index (χ2n) is 3.35. The lowest BCUT2D eigenvalue weighted by molar-refractivity contribution is 0.618. The molecule has 1 aromatic rings. The van der Waals surface area contributed by atoms with E-state index in [-0.39, 0.29) is 0 Å². The Morgan fingerprint density at radius 1 is 1.64 bits per heavy atom. The van der Waals surface area contributed by atoms with Crippen molar-refractivity contribution in [1.82, 2.24) is 10.3 Å². The van der Waals surface area contributed by atoms with Crippen molar-refractivity contribution in [1.29, 1.82) is 0 Å². The van der Waals surface area contributed by atoms with E-state index in [0.717, 1.165) is 18.0 Å². The van der Waals surface area contributed by atoms with Gasteiger partial charge in [-0.1, -0.05) is 0 Å². The van der Waals surface area contributed by atoms with Gasteiger partial charge in [0, 0.05) is 18.0 Å². The third-order valence-electron chi connectivity index (χ3n) is 2.22. The molecular weight excluding hydrogens is 196 g/mol. The minimum absolute atomic E-state index is 0.622. The van der Waals surface area contributed by atoms with Gasteiger partial charge in [-0.05, 0) is 31.5 Å². The van der Waals surface area contributed by atoms with Crippen molar-refractivity contribution in [3.63, 3.8) is 0 Å². The first-order valence-corrected chi connectivity index (χ1v) is 5.79. The van der Waals surface area contributed by atoms with Gasteiger partial charge in [0.25, 0.3) is 0 Å². The standard InChI is InChI=1S/C10H14N2OS/c1-3-9(12-6-1)8-14-13-10-4-2-5-11-7-10/h2,4-5,7,9,12H,1,3,6,8H2/t9-/m0/s1. The molecule has 3 nitrogen and oxygen atoms in total. The van der Waals surface area contributed by atoms with E-state index >= 15 is 0 Å². The Labute approximate surface area is 88.5 Å². The van der Waals surface area contributed by atoms with Crippen LogP contribution in [0.1, 0.15) is 12.8 Å². The maximum atomic E-state index is 5.48. The van der Waals surface area contributed by atoms with Crippen LogP contribution in [0.5, 0.6) is 5.75 Å². The highest BCUT2D eigenvalue weighted by atomic mass is 32.2. The summed E-state index contributed by atoms with van der Waals surface area (Å²) in [4.78, 5) is 3.98. The highest BCUT2D eigenvalue weighted by Gasteiger charge is 2.14. The van der Waals surface area contributed by atoms with Gasteiger partial charge in [0.2, 0.25) is 0 Å². The number of rotatable bonds is 4. The zero-order valence-corrected chi connectivity index (χ0v) is 8.80. The number of pyridine rings is 1. The number of aromatic nitrogens is 1. The molecule has 0 aromatic carbocycles. The van der Waals surface area contributed by atoms with Gasteiger partial charge >= 0.3 is 0 Å². The zero-order chi connectivity index (χ0) is 9.64. The van der Waals surface area contributed by atoms with Crippen LogP contribution in [-0.4, -0.2) is 23.3 Å². The Hall–Kier alpha value is -0.740. The molecule has 0 bridgehead atoms. The predicted molar refractivity (Wildman–Crippen MR) is 58.3 cm³/mol. The fourth-order valence-corrected chi connectivity index (χ4v) is 2.23. The van der Waals surface area contributed by atoms with Gasteiger partial charge < -0.3 is 9.50 Å². The van der Waals surface area contributed by atoms with Crippen LogP contribution in [0.15, 0.2) is 24.5 Å². The zero-order valence-electron chi connectivity index (χ0n) is 7.98. The molecular formula is C10H14N2OS. The summed E-state index contributed by atoms with van der Waals surface area (Å²) in [5, 5.41) is 3.43. The van der Waals surface area contributed by atoms with Gasteiger partial charge in [-0.3, -0.25) is 4.98 Å². The lowest BCUT2D eigenvalue weighted by atomic mass is 10.3. The molecule has 1 atom stereocenters. The second kappa shape index (κ2) is 5.22. The Morgan fingerprint density at radius 3 is 3.36 bits per heavy atom. The molecule has 2 rings (SSSR count). The van der Waals surface area contributed by atoms with E-state index in [1.165, 1.54) is 24.9 Å². The summed E-state index contributed by atoms with van der Waals surface area (Å²) in [6.45, 7) is 1.15. The SMILES string of the molecule is c1cncc(OSC[C@@H]2CCCN2)c1. The summed E-state index contributed by atoms with van der Waals surface area (Å²) >= 11 is 1.50. The van der Waals surface area contributed by atoms with Gasteiger partial charge in [-0.2, -0.15) is 0 Å². The van der Waals surface area contributed by atoms with Crippen molar-refractivity contribution in [2.24, 2.45) is 0 Å². The topological polar surface area (TPSA) is 34.1 Å². The quantitative estimate of drug-likeness (QED) is 0.769. The van der Waals surface area contributed by atoms with Crippen molar-refractivity contribution in [3.8, 4) is 5.75 Å². The fraction of sp³-hybridized carbons (Fsp3) is 0.500. The molecule has 1 aliphatic rings. The molecule has 1 N–H and O–H groups in total. The third-order valence-corrected chi connectivity index (χ3v) is 3.07. The normalized spacial score (nSPS) is 21.0. The summed E-state index contributed by atoms with van der Waals surface area (Å²) < 4.78 is 5.48. The van der Waals surface area contributed by atoms with Crippen molar-refractivity contribution >= 4 is 12.0 Å². The highest BCUT2D eigenvalue weighted by molar-refractivity contribution is 7.95. The molecule has 0 saturated carbocycles. The van der Waals surface area contributed by atoms with E-state index in [0.29, 0.717) is 6.04 Å². The summed E-state index contributed by atoms with van der Waals surface area (Å²) in [7, 11) is 0. The molecule has 4 heteroatoms. The number of hydrogen-bond donors (Lipinski definition) is 1. The average Bonchev–Trinajstić information content (AvgIpc) is 2.72. The van der Waals surface area contributed by atoms with Crippen molar-refractivity contribution in [3.05, 3.63) is 24.5 Å². The van der Waals surface area contributed by atoms with Crippen LogP contribution in [0, 0.1) is 0 Å². The predicted octanol–water partition coefficient (Wildman–Crippen LogP) is 1.86. The fourth-order valence-electron chi connectivity index (χ4n) is 1.48. The number of nitrogens with one attached hydrogen (secondary N) is 1. The van der Waals surface area contributed by atoms with E-state index in [9.17, 15) is 0 Å². The van der Waals surface area contributed by atoms with E-state index < -0.39 is 0 Å². The molecule has 0 unspecified atom stereocenters. The Bertz CT molecular complexity index is 262. The number of hydrogen-bond acceptors (Lipinski definition) is 4. The molecule has 76 valence electrons. The van der Waals surface area contributed by atoms with E-state index in [1.54, 1.807) is 12.4 Å². The van der Waals surface area contributed by atoms with Crippen molar-refractivity contribution in [2.75, 3.05) is 12.3 Å². The van der Waals surface area contributed by atoms with Gasteiger partial charge in [-0.25, -0.2) is 0 Å². The summed E-state index contributed by atoms with van der Waals surface area (Å²) in [6.07, 6.45) is 6.03. The van der Waals surface area contributed by atoms with Crippen LogP contribution in [0.4, 0.5) is 0 Å².